The van der Waals surface area contributed by atoms with E-state index in [4.69, 9.17) is 0 Å². The summed E-state index contributed by atoms with van der Waals surface area (Å²) in [5.74, 6) is 0.498. The minimum atomic E-state index is -4.18. The number of rotatable bonds is 1. The van der Waals surface area contributed by atoms with Crippen molar-refractivity contribution in [2.24, 2.45) is 5.92 Å². The van der Waals surface area contributed by atoms with E-state index in [-0.39, 0.29) is 0 Å². The molecule has 0 aromatic heterocycles. The average molecular weight is 195 g/mol. The third kappa shape index (κ3) is 1.81. The van der Waals surface area contributed by atoms with Crippen LogP contribution in [0.15, 0.2) is 0 Å². The highest BCUT2D eigenvalue weighted by molar-refractivity contribution is 4.93. The fourth-order valence-electron chi connectivity index (χ4n) is 1.82. The molecule has 0 amide bonds. The van der Waals surface area contributed by atoms with Crippen molar-refractivity contribution in [1.29, 1.82) is 0 Å². The second-order valence-corrected chi connectivity index (χ2v) is 3.88. The zero-order chi connectivity index (χ0) is 9.64. The van der Waals surface area contributed by atoms with E-state index in [0.717, 1.165) is 19.5 Å². The Hall–Kier alpha value is -0.290. The summed E-state index contributed by atoms with van der Waals surface area (Å²) in [5, 5.41) is 0. The molecule has 0 aromatic carbocycles. The molecule has 2 rings (SSSR count). The molecule has 2 saturated heterocycles. The summed E-state index contributed by atoms with van der Waals surface area (Å²) in [6.07, 6.45) is -5.43. The van der Waals surface area contributed by atoms with Gasteiger partial charge < -0.3 is 4.74 Å². The Morgan fingerprint density at radius 2 is 2.08 bits per heavy atom. The first-order valence-electron chi connectivity index (χ1n) is 4.44. The number of halogens is 3. The van der Waals surface area contributed by atoms with Crippen LogP contribution >= 0.6 is 0 Å². The molecule has 5 heteroatoms. The molecule has 0 spiro atoms. The van der Waals surface area contributed by atoms with E-state index in [2.05, 4.69) is 4.74 Å². The molecule has 13 heavy (non-hydrogen) atoms. The molecular formula is C8H12F3NO. The number of epoxide rings is 1. The van der Waals surface area contributed by atoms with Crippen molar-refractivity contribution in [2.75, 3.05) is 13.1 Å². The van der Waals surface area contributed by atoms with Crippen LogP contribution in [0.2, 0.25) is 0 Å². The first-order valence-corrected chi connectivity index (χ1v) is 4.44. The molecule has 3 unspecified atom stereocenters. The summed E-state index contributed by atoms with van der Waals surface area (Å²) in [5.41, 5.74) is 0. The molecule has 0 radical (unpaired) electrons. The lowest BCUT2D eigenvalue weighted by atomic mass is 10.2. The monoisotopic (exact) mass is 195 g/mol. The Kier molecular flexibility index (Phi) is 2.03. The molecule has 2 aliphatic heterocycles. The summed E-state index contributed by atoms with van der Waals surface area (Å²) >= 11 is 0. The third-order valence-corrected chi connectivity index (χ3v) is 2.61. The van der Waals surface area contributed by atoms with Gasteiger partial charge in [-0.1, -0.05) is 6.92 Å². The molecular weight excluding hydrogens is 183 g/mol. The van der Waals surface area contributed by atoms with Crippen LogP contribution in [0.3, 0.4) is 0 Å². The zero-order valence-corrected chi connectivity index (χ0v) is 7.34. The number of likely N-dealkylation sites (tertiary alicyclic amines) is 1. The highest BCUT2D eigenvalue weighted by Gasteiger charge is 2.60. The van der Waals surface area contributed by atoms with Crippen LogP contribution in [0.25, 0.3) is 0 Å². The van der Waals surface area contributed by atoms with E-state index in [1.807, 2.05) is 6.92 Å². The van der Waals surface area contributed by atoms with E-state index < -0.39 is 18.5 Å². The Bertz CT molecular complexity index is 206. The van der Waals surface area contributed by atoms with E-state index in [1.54, 1.807) is 4.90 Å². The van der Waals surface area contributed by atoms with E-state index in [0.29, 0.717) is 5.92 Å². The van der Waals surface area contributed by atoms with Crippen LogP contribution in [-0.4, -0.2) is 36.5 Å². The van der Waals surface area contributed by atoms with Crippen molar-refractivity contribution >= 4 is 0 Å². The van der Waals surface area contributed by atoms with Crippen LogP contribution < -0.4 is 0 Å². The minimum absolute atomic E-state index is 0.498. The van der Waals surface area contributed by atoms with Gasteiger partial charge in [-0.2, -0.15) is 13.2 Å². The van der Waals surface area contributed by atoms with Crippen molar-refractivity contribution in [1.82, 2.24) is 4.90 Å². The van der Waals surface area contributed by atoms with Crippen LogP contribution in [0.4, 0.5) is 13.2 Å². The third-order valence-electron chi connectivity index (χ3n) is 2.61. The number of ether oxygens (including phenoxy) is 1. The lowest BCUT2D eigenvalue weighted by molar-refractivity contribution is -0.146. The first kappa shape index (κ1) is 9.27. The summed E-state index contributed by atoms with van der Waals surface area (Å²) in [6, 6.07) is 0. The fraction of sp³-hybridized carbons (Fsp3) is 1.00. The van der Waals surface area contributed by atoms with Gasteiger partial charge in [0.1, 0.15) is 6.23 Å². The second kappa shape index (κ2) is 2.85. The van der Waals surface area contributed by atoms with Crippen molar-refractivity contribution in [3.05, 3.63) is 0 Å². The lowest BCUT2D eigenvalue weighted by Crippen LogP contribution is -2.30. The first-order chi connectivity index (χ1) is 5.98. The Labute approximate surface area is 74.7 Å². The van der Waals surface area contributed by atoms with Crippen molar-refractivity contribution in [3.8, 4) is 0 Å². The van der Waals surface area contributed by atoms with Gasteiger partial charge in [-0.25, -0.2) is 0 Å². The predicted octanol–water partition coefficient (Wildman–Crippen LogP) is 1.62. The normalized spacial score (nSPS) is 41.1. The van der Waals surface area contributed by atoms with Gasteiger partial charge in [0.25, 0.3) is 0 Å². The van der Waals surface area contributed by atoms with Gasteiger partial charge in [0.05, 0.1) is 0 Å². The highest BCUT2D eigenvalue weighted by Crippen LogP contribution is 2.41. The summed E-state index contributed by atoms with van der Waals surface area (Å²) in [7, 11) is 0. The minimum Gasteiger partial charge on any atom is -0.343 e. The van der Waals surface area contributed by atoms with Crippen LogP contribution in [0.1, 0.15) is 13.3 Å². The van der Waals surface area contributed by atoms with Crippen molar-refractivity contribution in [2.45, 2.75) is 31.9 Å². The largest absolute Gasteiger partial charge is 0.418 e. The van der Waals surface area contributed by atoms with Gasteiger partial charge in [-0.15, -0.1) is 0 Å². The Balaban J connectivity index is 1.86. The molecule has 2 nitrogen and oxygen atoms in total. The maximum atomic E-state index is 12.1. The molecule has 2 heterocycles. The van der Waals surface area contributed by atoms with Gasteiger partial charge in [0.15, 0.2) is 6.10 Å². The summed E-state index contributed by atoms with van der Waals surface area (Å²) in [6.45, 7) is 3.51. The second-order valence-electron chi connectivity index (χ2n) is 3.88. The maximum absolute atomic E-state index is 12.1. The van der Waals surface area contributed by atoms with Gasteiger partial charge in [0.2, 0.25) is 0 Å². The molecule has 0 saturated carbocycles. The van der Waals surface area contributed by atoms with Crippen LogP contribution in [0, 0.1) is 5.92 Å². The molecule has 0 N–H and O–H groups in total. The lowest BCUT2D eigenvalue weighted by Gasteiger charge is -2.11. The molecule has 3 atom stereocenters. The Morgan fingerprint density at radius 3 is 2.46 bits per heavy atom. The zero-order valence-electron chi connectivity index (χ0n) is 7.34. The maximum Gasteiger partial charge on any atom is 0.418 e. The van der Waals surface area contributed by atoms with Crippen molar-refractivity contribution < 1.29 is 17.9 Å². The van der Waals surface area contributed by atoms with Gasteiger partial charge in [0, 0.05) is 13.1 Å². The standard InChI is InChI=1S/C8H12F3NO/c1-5-2-3-12(4-5)7-6(13-7)8(9,10)11/h5-7H,2-4H2,1H3. The van der Waals surface area contributed by atoms with E-state index in [9.17, 15) is 13.2 Å². The number of hydrogen-bond acceptors (Lipinski definition) is 2. The predicted molar refractivity (Wildman–Crippen MR) is 40.1 cm³/mol. The smallest absolute Gasteiger partial charge is 0.343 e. The number of nitrogens with zero attached hydrogens (tertiary/aromatic N) is 1. The molecule has 0 aliphatic carbocycles. The van der Waals surface area contributed by atoms with Crippen LogP contribution in [0.5, 0.6) is 0 Å². The molecule has 2 aliphatic rings. The molecule has 76 valence electrons. The Morgan fingerprint density at radius 1 is 1.38 bits per heavy atom. The van der Waals surface area contributed by atoms with Gasteiger partial charge >= 0.3 is 6.18 Å². The molecule has 2 fully saturated rings. The highest BCUT2D eigenvalue weighted by atomic mass is 19.4. The topological polar surface area (TPSA) is 15.8 Å². The number of hydrogen-bond donors (Lipinski definition) is 0. The SMILES string of the molecule is CC1CCN(C2OC2C(F)(F)F)C1. The fourth-order valence-corrected chi connectivity index (χ4v) is 1.82. The van der Waals surface area contributed by atoms with Crippen LogP contribution in [-0.2, 0) is 4.74 Å². The van der Waals surface area contributed by atoms with Crippen molar-refractivity contribution in [3.63, 3.8) is 0 Å². The van der Waals surface area contributed by atoms with Gasteiger partial charge in [-0.3, -0.25) is 4.90 Å². The molecule has 0 aromatic rings. The molecule has 0 bridgehead atoms. The quantitative estimate of drug-likeness (QED) is 0.591. The summed E-state index contributed by atoms with van der Waals surface area (Å²) in [4.78, 5) is 1.78. The summed E-state index contributed by atoms with van der Waals surface area (Å²) < 4.78 is 40.9. The van der Waals surface area contributed by atoms with E-state index >= 15 is 0 Å². The number of alkyl halides is 3. The average Bonchev–Trinajstić information content (AvgIpc) is 2.69. The van der Waals surface area contributed by atoms with E-state index in [1.165, 1.54) is 0 Å². The van der Waals surface area contributed by atoms with Gasteiger partial charge in [-0.05, 0) is 12.3 Å².